The fraction of sp³-hybridized carbons (Fsp3) is 0.267. The number of carbonyl (C=O) groups excluding carboxylic acids is 1. The van der Waals surface area contributed by atoms with Crippen LogP contribution in [0.15, 0.2) is 46.2 Å². The zero-order chi connectivity index (χ0) is 18.0. The molecule has 0 aliphatic carbocycles. The molecule has 0 unspecified atom stereocenters. The van der Waals surface area contributed by atoms with Gasteiger partial charge in [-0.1, -0.05) is 18.2 Å². The smallest absolute Gasteiger partial charge is 0.277 e. The molecule has 0 saturated carbocycles. The quantitative estimate of drug-likeness (QED) is 0.472. The molecule has 0 spiro atoms. The third-order valence-electron chi connectivity index (χ3n) is 3.43. The van der Waals surface area contributed by atoms with Gasteiger partial charge in [-0.15, -0.1) is 0 Å². The van der Waals surface area contributed by atoms with Gasteiger partial charge in [0.15, 0.2) is 0 Å². The van der Waals surface area contributed by atoms with Crippen LogP contribution in [0.1, 0.15) is 25.0 Å². The van der Waals surface area contributed by atoms with E-state index in [0.717, 1.165) is 6.07 Å². The van der Waals surface area contributed by atoms with E-state index in [1.807, 2.05) is 0 Å². The minimum atomic E-state index is -4.56. The van der Waals surface area contributed by atoms with E-state index in [1.54, 1.807) is 26.1 Å². The largest absolute Gasteiger partial charge is 0.417 e. The van der Waals surface area contributed by atoms with Crippen LogP contribution in [0.2, 0.25) is 0 Å². The molecule has 0 radical (unpaired) electrons. The number of hydrogen-bond donors (Lipinski definition) is 1. The molecule has 2 rings (SSSR count). The number of hydrazone groups is 1. The summed E-state index contributed by atoms with van der Waals surface area (Å²) in [5.41, 5.74) is 0.103. The summed E-state index contributed by atoms with van der Waals surface area (Å²) in [6, 6.07) is 6.72. The van der Waals surface area contributed by atoms with Gasteiger partial charge in [0.25, 0.3) is 0 Å². The van der Waals surface area contributed by atoms with E-state index in [9.17, 15) is 18.0 Å². The summed E-state index contributed by atoms with van der Waals surface area (Å²) in [6.07, 6.45) is -2.65. The Morgan fingerprint density at radius 2 is 1.96 bits per heavy atom. The van der Waals surface area contributed by atoms with Crippen molar-refractivity contribution in [1.82, 2.24) is 15.2 Å². The van der Waals surface area contributed by atoms with Gasteiger partial charge >= 0.3 is 6.18 Å². The molecule has 9 heteroatoms. The van der Waals surface area contributed by atoms with Gasteiger partial charge in [0, 0.05) is 11.8 Å². The fourth-order valence-electron chi connectivity index (χ4n) is 2.28. The van der Waals surface area contributed by atoms with E-state index in [-0.39, 0.29) is 11.3 Å². The van der Waals surface area contributed by atoms with Crippen LogP contribution in [-0.2, 0) is 16.5 Å². The highest BCUT2D eigenvalue weighted by Crippen LogP contribution is 2.35. The maximum Gasteiger partial charge on any atom is 0.417 e. The normalized spacial score (nSPS) is 13.0. The number of rotatable bonds is 5. The van der Waals surface area contributed by atoms with Gasteiger partial charge in [-0.25, -0.2) is 5.43 Å². The summed E-state index contributed by atoms with van der Waals surface area (Å²) in [7, 11) is 0. The van der Waals surface area contributed by atoms with Gasteiger partial charge in [0.05, 0.1) is 11.3 Å². The number of alkyl halides is 3. The molecule has 0 bridgehead atoms. The number of hydrogen-bond acceptors (Lipinski definition) is 3. The molecule has 1 amide bonds. The van der Waals surface area contributed by atoms with E-state index >= 15 is 0 Å². The average Bonchev–Trinajstić information content (AvgIpc) is 2.94. The van der Waals surface area contributed by atoms with E-state index in [2.05, 4.69) is 31.6 Å². The molecule has 0 aliphatic heterocycles. The predicted molar refractivity (Wildman–Crippen MR) is 86.4 cm³/mol. The zero-order valence-corrected chi connectivity index (χ0v) is 14.4. The number of benzene rings is 1. The molecule has 24 heavy (non-hydrogen) atoms. The van der Waals surface area contributed by atoms with Crippen molar-refractivity contribution >= 4 is 28.1 Å². The Kier molecular flexibility index (Phi) is 5.12. The van der Waals surface area contributed by atoms with Crippen LogP contribution in [0, 0.1) is 0 Å². The summed E-state index contributed by atoms with van der Waals surface area (Å²) in [4.78, 5) is 10.6. The molecule has 0 fully saturated rings. The van der Waals surface area contributed by atoms with Gasteiger partial charge < -0.3 is 0 Å². The molecule has 2 aromatic rings. The summed E-state index contributed by atoms with van der Waals surface area (Å²) in [5, 5.41) is 8.05. The monoisotopic (exact) mass is 402 g/mol. The van der Waals surface area contributed by atoms with Crippen LogP contribution < -0.4 is 5.43 Å². The van der Waals surface area contributed by atoms with Crippen molar-refractivity contribution < 1.29 is 18.0 Å². The second-order valence-corrected chi connectivity index (χ2v) is 6.21. The summed E-state index contributed by atoms with van der Waals surface area (Å²) < 4.78 is 42.1. The fourth-order valence-corrected chi connectivity index (χ4v) is 2.56. The maximum absolute atomic E-state index is 13.4. The molecule has 1 aromatic heterocycles. The number of amides is 1. The Bertz CT molecular complexity index is 768. The molecule has 1 heterocycles. The molecule has 128 valence electrons. The van der Waals surface area contributed by atoms with Gasteiger partial charge in [0.2, 0.25) is 6.41 Å². The lowest BCUT2D eigenvalue weighted by molar-refractivity contribution is -0.137. The summed E-state index contributed by atoms with van der Waals surface area (Å²) in [5.74, 6) is 0. The number of nitrogens with one attached hydrogen (secondary N) is 1. The van der Waals surface area contributed by atoms with Crippen LogP contribution in [0.5, 0.6) is 0 Å². The van der Waals surface area contributed by atoms with Crippen LogP contribution in [0.3, 0.4) is 0 Å². The average molecular weight is 403 g/mol. The minimum Gasteiger partial charge on any atom is -0.277 e. The SMILES string of the molecule is CC(C)(C(=NNC=O)c1ccccc1C(F)(F)F)n1ccc(Br)n1. The number of halogens is 4. The van der Waals surface area contributed by atoms with E-state index in [4.69, 9.17) is 0 Å². The maximum atomic E-state index is 13.4. The lowest BCUT2D eigenvalue weighted by Crippen LogP contribution is -2.39. The Hall–Kier alpha value is -2.16. The second kappa shape index (κ2) is 6.76. The molecule has 0 saturated heterocycles. The van der Waals surface area contributed by atoms with Crippen molar-refractivity contribution in [3.8, 4) is 0 Å². The number of nitrogens with zero attached hydrogens (tertiary/aromatic N) is 3. The first-order valence-corrected chi connectivity index (χ1v) is 7.63. The Labute approximate surface area is 144 Å². The van der Waals surface area contributed by atoms with E-state index in [1.165, 1.54) is 22.9 Å². The molecule has 5 nitrogen and oxygen atoms in total. The third kappa shape index (κ3) is 3.66. The molecule has 1 N–H and O–H groups in total. The van der Waals surface area contributed by atoms with Gasteiger partial charge in [0.1, 0.15) is 10.1 Å². The van der Waals surface area contributed by atoms with Crippen molar-refractivity contribution in [2.24, 2.45) is 5.10 Å². The standard InChI is InChI=1S/C15H14BrF3N4O/c1-14(2,23-8-7-12(16)22-23)13(21-20-9-24)10-5-3-4-6-11(10)15(17,18)19/h3-9H,1-2H3,(H,20,24). The first-order valence-electron chi connectivity index (χ1n) is 6.83. The Morgan fingerprint density at radius 3 is 2.50 bits per heavy atom. The zero-order valence-electron chi connectivity index (χ0n) is 12.8. The van der Waals surface area contributed by atoms with Crippen LogP contribution in [0.4, 0.5) is 13.2 Å². The van der Waals surface area contributed by atoms with Gasteiger partial charge in [-0.3, -0.25) is 9.48 Å². The van der Waals surface area contributed by atoms with Crippen LogP contribution in [-0.4, -0.2) is 21.9 Å². The van der Waals surface area contributed by atoms with Crippen molar-refractivity contribution in [2.75, 3.05) is 0 Å². The molecular formula is C15H14BrF3N4O. The molecular weight excluding hydrogens is 389 g/mol. The molecule has 0 atom stereocenters. The van der Waals surface area contributed by atoms with Crippen LogP contribution in [0.25, 0.3) is 0 Å². The van der Waals surface area contributed by atoms with E-state index in [0.29, 0.717) is 11.0 Å². The van der Waals surface area contributed by atoms with Gasteiger partial charge in [-0.2, -0.15) is 23.4 Å². The topological polar surface area (TPSA) is 59.3 Å². The highest BCUT2D eigenvalue weighted by atomic mass is 79.9. The Morgan fingerprint density at radius 1 is 1.29 bits per heavy atom. The highest BCUT2D eigenvalue weighted by Gasteiger charge is 2.38. The predicted octanol–water partition coefficient (Wildman–Crippen LogP) is 3.55. The second-order valence-electron chi connectivity index (χ2n) is 5.39. The highest BCUT2D eigenvalue weighted by molar-refractivity contribution is 9.10. The number of aromatic nitrogens is 2. The first kappa shape index (κ1) is 18.2. The summed E-state index contributed by atoms with van der Waals surface area (Å²) in [6.45, 7) is 3.32. The van der Waals surface area contributed by atoms with E-state index < -0.39 is 17.3 Å². The van der Waals surface area contributed by atoms with Crippen molar-refractivity contribution in [3.63, 3.8) is 0 Å². The lowest BCUT2D eigenvalue weighted by Gasteiger charge is -2.29. The van der Waals surface area contributed by atoms with Crippen molar-refractivity contribution in [2.45, 2.75) is 25.6 Å². The number of carbonyl (C=O) groups is 1. The third-order valence-corrected chi connectivity index (χ3v) is 3.85. The van der Waals surface area contributed by atoms with Crippen LogP contribution >= 0.6 is 15.9 Å². The summed E-state index contributed by atoms with van der Waals surface area (Å²) >= 11 is 3.21. The Balaban J connectivity index is 2.66. The molecule has 0 aliphatic rings. The van der Waals surface area contributed by atoms with Crippen molar-refractivity contribution in [1.29, 1.82) is 0 Å². The lowest BCUT2D eigenvalue weighted by atomic mass is 9.89. The van der Waals surface area contributed by atoms with Gasteiger partial charge in [-0.05, 0) is 41.9 Å². The van der Waals surface area contributed by atoms with Crippen molar-refractivity contribution in [3.05, 3.63) is 52.3 Å². The molecule has 1 aromatic carbocycles. The first-order chi connectivity index (χ1) is 11.2. The minimum absolute atomic E-state index is 0.0260.